The van der Waals surface area contributed by atoms with Crippen molar-refractivity contribution in [3.63, 3.8) is 0 Å². The number of amides is 1. The Balaban J connectivity index is 0.00000324. The van der Waals surface area contributed by atoms with Crippen molar-refractivity contribution in [2.45, 2.75) is 19.3 Å². The molecule has 1 aromatic rings. The molecule has 0 aliphatic rings. The van der Waals surface area contributed by atoms with Gasteiger partial charge >= 0.3 is 0 Å². The molecule has 0 saturated heterocycles. The Hall–Kier alpha value is -1.07. The molecular formula is C13H21ClN2O2S. The molecule has 1 aromatic carbocycles. The van der Waals surface area contributed by atoms with Gasteiger partial charge in [-0.2, -0.15) is 11.8 Å². The number of hydrogen-bond acceptors (Lipinski definition) is 4. The first-order valence-corrected chi connectivity index (χ1v) is 7.29. The van der Waals surface area contributed by atoms with Crippen molar-refractivity contribution >= 4 is 41.5 Å². The van der Waals surface area contributed by atoms with Gasteiger partial charge in [0.05, 0.1) is 12.8 Å². The van der Waals surface area contributed by atoms with E-state index in [4.69, 9.17) is 10.5 Å². The normalized spacial score (nSPS) is 9.58. The lowest BCUT2D eigenvalue weighted by Gasteiger charge is -2.08. The van der Waals surface area contributed by atoms with Crippen molar-refractivity contribution in [2.75, 3.05) is 30.2 Å². The van der Waals surface area contributed by atoms with Crippen LogP contribution in [0.25, 0.3) is 0 Å². The van der Waals surface area contributed by atoms with Crippen LogP contribution < -0.4 is 15.8 Å². The van der Waals surface area contributed by atoms with Crippen LogP contribution >= 0.6 is 24.2 Å². The van der Waals surface area contributed by atoms with E-state index in [1.54, 1.807) is 37.1 Å². The Labute approximate surface area is 124 Å². The first-order valence-electron chi connectivity index (χ1n) is 5.89. The zero-order valence-corrected chi connectivity index (χ0v) is 12.9. The number of methoxy groups -OCH3 is 1. The number of anilines is 2. The van der Waals surface area contributed by atoms with E-state index in [1.807, 2.05) is 0 Å². The highest BCUT2D eigenvalue weighted by molar-refractivity contribution is 7.98. The predicted molar refractivity (Wildman–Crippen MR) is 85.5 cm³/mol. The third-order valence-corrected chi connectivity index (χ3v) is 3.21. The van der Waals surface area contributed by atoms with Crippen LogP contribution in [-0.4, -0.2) is 25.0 Å². The highest BCUT2D eigenvalue weighted by atomic mass is 35.5. The highest BCUT2D eigenvalue weighted by Crippen LogP contribution is 2.24. The summed E-state index contributed by atoms with van der Waals surface area (Å²) >= 11 is 1.80. The van der Waals surface area contributed by atoms with Crippen LogP contribution in [0.3, 0.4) is 0 Å². The van der Waals surface area contributed by atoms with Crippen LogP contribution in [0, 0.1) is 0 Å². The van der Waals surface area contributed by atoms with Crippen molar-refractivity contribution < 1.29 is 9.53 Å². The molecule has 0 saturated carbocycles. The van der Waals surface area contributed by atoms with E-state index in [0.717, 1.165) is 18.6 Å². The summed E-state index contributed by atoms with van der Waals surface area (Å²) < 4.78 is 5.06. The fourth-order valence-corrected chi connectivity index (χ4v) is 2.06. The third kappa shape index (κ3) is 6.59. The van der Waals surface area contributed by atoms with Gasteiger partial charge in [-0.05, 0) is 43.0 Å². The topological polar surface area (TPSA) is 64.3 Å². The van der Waals surface area contributed by atoms with E-state index in [2.05, 4.69) is 11.6 Å². The Morgan fingerprint density at radius 2 is 2.16 bits per heavy atom. The molecule has 0 heterocycles. The van der Waals surface area contributed by atoms with Gasteiger partial charge < -0.3 is 15.8 Å². The number of thioether (sulfide) groups is 1. The number of ether oxygens (including phenoxy) is 1. The summed E-state index contributed by atoms with van der Waals surface area (Å²) in [6.45, 7) is 0. The number of nitrogens with two attached hydrogens (primary N) is 1. The van der Waals surface area contributed by atoms with Gasteiger partial charge in [-0.15, -0.1) is 12.4 Å². The largest absolute Gasteiger partial charge is 0.495 e. The summed E-state index contributed by atoms with van der Waals surface area (Å²) in [5.41, 5.74) is 7.01. The van der Waals surface area contributed by atoms with Gasteiger partial charge in [0.15, 0.2) is 0 Å². The fraction of sp³-hybridized carbons (Fsp3) is 0.462. The second kappa shape index (κ2) is 9.81. The molecule has 1 rings (SSSR count). The Bertz CT molecular complexity index is 402. The summed E-state index contributed by atoms with van der Waals surface area (Å²) in [5.74, 6) is 1.75. The van der Waals surface area contributed by atoms with E-state index < -0.39 is 0 Å². The summed E-state index contributed by atoms with van der Waals surface area (Å²) in [5, 5.41) is 2.83. The average molecular weight is 305 g/mol. The number of benzene rings is 1. The molecule has 0 aliphatic carbocycles. The van der Waals surface area contributed by atoms with Crippen LogP contribution in [0.1, 0.15) is 19.3 Å². The summed E-state index contributed by atoms with van der Waals surface area (Å²) in [6, 6.07) is 5.24. The Kier molecular flexibility index (Phi) is 9.26. The maximum atomic E-state index is 11.7. The fourth-order valence-electron chi connectivity index (χ4n) is 1.57. The first-order chi connectivity index (χ1) is 8.67. The molecule has 6 heteroatoms. The van der Waals surface area contributed by atoms with E-state index in [0.29, 0.717) is 23.5 Å². The number of hydrogen-bond donors (Lipinski definition) is 2. The minimum absolute atomic E-state index is 0. The lowest BCUT2D eigenvalue weighted by Crippen LogP contribution is -2.11. The van der Waals surface area contributed by atoms with Crippen molar-refractivity contribution in [2.24, 2.45) is 0 Å². The Morgan fingerprint density at radius 1 is 1.42 bits per heavy atom. The molecule has 0 aliphatic heterocycles. The molecule has 0 bridgehead atoms. The minimum Gasteiger partial charge on any atom is -0.495 e. The quantitative estimate of drug-likeness (QED) is 0.600. The van der Waals surface area contributed by atoms with Crippen molar-refractivity contribution in [1.82, 2.24) is 0 Å². The summed E-state index contributed by atoms with van der Waals surface area (Å²) in [7, 11) is 1.57. The van der Waals surface area contributed by atoms with Crippen LogP contribution in [0.15, 0.2) is 18.2 Å². The Morgan fingerprint density at radius 3 is 2.74 bits per heavy atom. The summed E-state index contributed by atoms with van der Waals surface area (Å²) in [4.78, 5) is 11.7. The second-order valence-electron chi connectivity index (χ2n) is 3.95. The summed E-state index contributed by atoms with van der Waals surface area (Å²) in [6.07, 6.45) is 4.60. The van der Waals surface area contributed by atoms with E-state index in [1.165, 1.54) is 0 Å². The number of halogens is 1. The smallest absolute Gasteiger partial charge is 0.224 e. The van der Waals surface area contributed by atoms with Gasteiger partial charge in [0, 0.05) is 12.1 Å². The third-order valence-electron chi connectivity index (χ3n) is 2.52. The predicted octanol–water partition coefficient (Wildman–Crippen LogP) is 3.17. The highest BCUT2D eigenvalue weighted by Gasteiger charge is 2.04. The molecule has 1 amide bonds. The van der Waals surface area contributed by atoms with E-state index in [-0.39, 0.29) is 18.3 Å². The molecule has 0 aromatic heterocycles. The number of carbonyl (C=O) groups excluding carboxylic acids is 1. The number of unbranched alkanes of at least 4 members (excludes halogenated alkanes) is 1. The van der Waals surface area contributed by atoms with Gasteiger partial charge in [-0.25, -0.2) is 0 Å². The molecule has 108 valence electrons. The number of carbonyl (C=O) groups is 1. The lowest BCUT2D eigenvalue weighted by molar-refractivity contribution is -0.116. The van der Waals surface area contributed by atoms with Gasteiger partial charge in [0.2, 0.25) is 5.91 Å². The SMILES string of the molecule is COc1ccc(NC(=O)CCCCSC)cc1N.Cl. The monoisotopic (exact) mass is 304 g/mol. The molecule has 0 spiro atoms. The van der Waals surface area contributed by atoms with Gasteiger partial charge in [-0.3, -0.25) is 4.79 Å². The number of nitrogen functional groups attached to an aromatic ring is 1. The molecule has 3 N–H and O–H groups in total. The van der Waals surface area contributed by atoms with Crippen LogP contribution in [0.5, 0.6) is 5.75 Å². The van der Waals surface area contributed by atoms with Gasteiger partial charge in [-0.1, -0.05) is 0 Å². The number of nitrogens with one attached hydrogen (secondary N) is 1. The molecular weight excluding hydrogens is 284 g/mol. The van der Waals surface area contributed by atoms with Crippen LogP contribution in [-0.2, 0) is 4.79 Å². The standard InChI is InChI=1S/C13H20N2O2S.ClH/c1-17-12-7-6-10(9-11(12)14)15-13(16)5-3-4-8-18-2;/h6-7,9H,3-5,8,14H2,1-2H3,(H,15,16);1H. The molecule has 0 unspecified atom stereocenters. The van der Waals surface area contributed by atoms with E-state index in [9.17, 15) is 4.79 Å². The van der Waals surface area contributed by atoms with Crippen molar-refractivity contribution in [3.05, 3.63) is 18.2 Å². The van der Waals surface area contributed by atoms with E-state index >= 15 is 0 Å². The molecule has 0 radical (unpaired) electrons. The van der Waals surface area contributed by atoms with Gasteiger partial charge in [0.25, 0.3) is 0 Å². The first kappa shape index (κ1) is 17.9. The second-order valence-corrected chi connectivity index (χ2v) is 4.94. The van der Waals surface area contributed by atoms with Crippen LogP contribution in [0.2, 0.25) is 0 Å². The zero-order valence-electron chi connectivity index (χ0n) is 11.3. The van der Waals surface area contributed by atoms with Gasteiger partial charge in [0.1, 0.15) is 5.75 Å². The molecule has 0 fully saturated rings. The van der Waals surface area contributed by atoms with Crippen molar-refractivity contribution in [1.29, 1.82) is 0 Å². The number of rotatable bonds is 7. The van der Waals surface area contributed by atoms with Crippen molar-refractivity contribution in [3.8, 4) is 5.75 Å². The minimum atomic E-state index is 0. The van der Waals surface area contributed by atoms with Crippen LogP contribution in [0.4, 0.5) is 11.4 Å². The maximum Gasteiger partial charge on any atom is 0.224 e. The molecule has 0 atom stereocenters. The average Bonchev–Trinajstić information content (AvgIpc) is 2.35. The zero-order chi connectivity index (χ0) is 13.4. The maximum absolute atomic E-state index is 11.7. The lowest BCUT2D eigenvalue weighted by atomic mass is 10.2. The molecule has 4 nitrogen and oxygen atoms in total. The molecule has 19 heavy (non-hydrogen) atoms.